The van der Waals surface area contributed by atoms with E-state index in [4.69, 9.17) is 0 Å². The number of hydrogen-bond donors (Lipinski definition) is 0. The molecule has 3 aromatic rings. The van der Waals surface area contributed by atoms with E-state index in [1.54, 1.807) is 6.07 Å². The van der Waals surface area contributed by atoms with E-state index in [-0.39, 0.29) is 0 Å². The highest BCUT2D eigenvalue weighted by atomic mass is 16.5. The molecule has 0 saturated heterocycles. The topological polar surface area (TPSA) is 44.8 Å². The molecule has 0 amide bonds. The van der Waals surface area contributed by atoms with E-state index in [0.717, 1.165) is 27.2 Å². The third-order valence-corrected chi connectivity index (χ3v) is 3.05. The van der Waals surface area contributed by atoms with Crippen LogP contribution < -0.4 is 4.85 Å². The maximum absolute atomic E-state index is 12.2. The Kier molecular flexibility index (Phi) is 2.30. The number of nitrogens with zero attached hydrogens (tertiary/aromatic N) is 3. The van der Waals surface area contributed by atoms with Gasteiger partial charge >= 0.3 is 0 Å². The van der Waals surface area contributed by atoms with Crippen LogP contribution in [0.3, 0.4) is 0 Å². The van der Waals surface area contributed by atoms with Gasteiger partial charge < -0.3 is 5.21 Å². The summed E-state index contributed by atoms with van der Waals surface area (Å²) in [5.41, 5.74) is 4.27. The smallest absolute Gasteiger partial charge is 0.253 e. The molecular formula is C14H13N3O. The van der Waals surface area contributed by atoms with Crippen LogP contribution in [0.15, 0.2) is 42.5 Å². The first-order valence-electron chi connectivity index (χ1n) is 5.82. The number of aromatic nitrogens is 3. The Bertz CT molecular complexity index is 714. The molecule has 4 heteroatoms. The maximum Gasteiger partial charge on any atom is 0.253 e. The Morgan fingerprint density at radius 1 is 1.06 bits per heavy atom. The molecule has 0 saturated carbocycles. The van der Waals surface area contributed by atoms with E-state index in [2.05, 4.69) is 5.10 Å². The third-order valence-electron chi connectivity index (χ3n) is 3.05. The zero-order valence-corrected chi connectivity index (χ0v) is 10.3. The van der Waals surface area contributed by atoms with Crippen molar-refractivity contribution < 1.29 is 4.85 Å². The van der Waals surface area contributed by atoms with E-state index in [1.807, 2.05) is 50.2 Å². The lowest BCUT2D eigenvalue weighted by Crippen LogP contribution is -2.37. The summed E-state index contributed by atoms with van der Waals surface area (Å²) < 4.78 is 0. The molecule has 0 spiro atoms. The number of benzene rings is 2. The molecule has 4 nitrogen and oxygen atoms in total. The molecule has 0 radical (unpaired) electrons. The molecule has 0 aliphatic carbocycles. The average Bonchev–Trinajstić information content (AvgIpc) is 2.70. The van der Waals surface area contributed by atoms with Crippen molar-refractivity contribution in [3.8, 4) is 5.69 Å². The Morgan fingerprint density at radius 3 is 2.44 bits per heavy atom. The average molecular weight is 239 g/mol. The van der Waals surface area contributed by atoms with Gasteiger partial charge in [-0.05, 0) is 36.8 Å². The maximum atomic E-state index is 12.2. The molecule has 0 atom stereocenters. The summed E-state index contributed by atoms with van der Waals surface area (Å²) in [4.78, 5) is 2.21. The molecule has 0 N–H and O–H groups in total. The van der Waals surface area contributed by atoms with Crippen molar-refractivity contribution in [1.29, 1.82) is 0 Å². The van der Waals surface area contributed by atoms with Crippen molar-refractivity contribution >= 4 is 11.0 Å². The second-order valence-corrected chi connectivity index (χ2v) is 4.44. The van der Waals surface area contributed by atoms with Crippen LogP contribution in [0.25, 0.3) is 16.7 Å². The highest BCUT2D eigenvalue weighted by molar-refractivity contribution is 5.74. The van der Waals surface area contributed by atoms with Gasteiger partial charge in [0.15, 0.2) is 0 Å². The molecule has 0 fully saturated rings. The predicted molar refractivity (Wildman–Crippen MR) is 69.5 cm³/mol. The Morgan fingerprint density at radius 2 is 1.78 bits per heavy atom. The van der Waals surface area contributed by atoms with E-state index in [1.165, 1.54) is 4.80 Å². The van der Waals surface area contributed by atoms with Crippen LogP contribution in [0.4, 0.5) is 0 Å². The van der Waals surface area contributed by atoms with Gasteiger partial charge in [-0.15, -0.1) is 4.85 Å². The minimum absolute atomic E-state index is 0.593. The lowest BCUT2D eigenvalue weighted by molar-refractivity contribution is -0.664. The molecule has 0 aliphatic heterocycles. The zero-order valence-electron chi connectivity index (χ0n) is 10.3. The molecule has 18 heavy (non-hydrogen) atoms. The van der Waals surface area contributed by atoms with E-state index >= 15 is 0 Å². The van der Waals surface area contributed by atoms with Crippen molar-refractivity contribution in [1.82, 2.24) is 9.90 Å². The summed E-state index contributed by atoms with van der Waals surface area (Å²) in [7, 11) is 0. The second-order valence-electron chi connectivity index (χ2n) is 4.44. The zero-order chi connectivity index (χ0) is 12.7. The quantitative estimate of drug-likeness (QED) is 0.483. The highest BCUT2D eigenvalue weighted by Crippen LogP contribution is 2.14. The van der Waals surface area contributed by atoms with E-state index in [9.17, 15) is 5.21 Å². The standard InChI is InChI=1S/C14H13N3O/c1-10-6-8-12(9-7-10)16-15-14-11(2)4-3-5-13(14)17(16)18/h3-9H,1-2H3. The lowest BCUT2D eigenvalue weighted by Gasteiger charge is -2.03. The summed E-state index contributed by atoms with van der Waals surface area (Å²) in [5, 5.41) is 16.6. The Hall–Kier alpha value is -2.36. The van der Waals surface area contributed by atoms with Crippen molar-refractivity contribution in [3.63, 3.8) is 0 Å². The molecule has 1 aromatic heterocycles. The van der Waals surface area contributed by atoms with Crippen molar-refractivity contribution in [2.75, 3.05) is 0 Å². The molecule has 1 heterocycles. The first-order chi connectivity index (χ1) is 8.66. The third kappa shape index (κ3) is 1.54. The summed E-state index contributed by atoms with van der Waals surface area (Å²) >= 11 is 0. The molecule has 90 valence electrons. The number of aryl methyl sites for hydroxylation is 2. The molecule has 2 aromatic carbocycles. The van der Waals surface area contributed by atoms with E-state index < -0.39 is 0 Å². The van der Waals surface area contributed by atoms with Crippen LogP contribution in [0, 0.1) is 19.1 Å². The Balaban J connectivity index is 2.27. The lowest BCUT2D eigenvalue weighted by atomic mass is 10.2. The SMILES string of the molecule is Cc1ccc(-n2nc3c(C)cccc3[n+]2[O-])cc1. The number of hydrogen-bond acceptors (Lipinski definition) is 2. The van der Waals surface area contributed by atoms with Crippen LogP contribution in [0.5, 0.6) is 0 Å². The van der Waals surface area contributed by atoms with Gasteiger partial charge in [0.05, 0.1) is 5.10 Å². The van der Waals surface area contributed by atoms with Gasteiger partial charge in [0.25, 0.3) is 5.52 Å². The molecule has 0 bridgehead atoms. The summed E-state index contributed by atoms with van der Waals surface area (Å²) in [6.45, 7) is 3.97. The van der Waals surface area contributed by atoms with E-state index in [0.29, 0.717) is 5.52 Å². The number of fused-ring (bicyclic) bond motifs is 1. The first kappa shape index (κ1) is 10.8. The van der Waals surface area contributed by atoms with Gasteiger partial charge in [-0.3, -0.25) is 0 Å². The molecular weight excluding hydrogens is 226 g/mol. The van der Waals surface area contributed by atoms with Crippen molar-refractivity contribution in [2.24, 2.45) is 0 Å². The van der Waals surface area contributed by atoms with Gasteiger partial charge in [-0.2, -0.15) is 0 Å². The van der Waals surface area contributed by atoms with Crippen LogP contribution in [0.1, 0.15) is 11.1 Å². The first-order valence-corrected chi connectivity index (χ1v) is 5.82. The fraction of sp³-hybridized carbons (Fsp3) is 0.143. The van der Waals surface area contributed by atoms with Gasteiger partial charge in [0.2, 0.25) is 5.52 Å². The molecule has 3 rings (SSSR count). The summed E-state index contributed by atoms with van der Waals surface area (Å²) in [6.07, 6.45) is 0. The molecule has 0 unspecified atom stereocenters. The van der Waals surface area contributed by atoms with Crippen LogP contribution in [-0.4, -0.2) is 9.90 Å². The fourth-order valence-electron chi connectivity index (χ4n) is 2.01. The minimum Gasteiger partial charge on any atom is -0.692 e. The largest absolute Gasteiger partial charge is 0.692 e. The normalized spacial score (nSPS) is 11.0. The van der Waals surface area contributed by atoms with Gasteiger partial charge in [-0.25, -0.2) is 0 Å². The Labute approximate surface area is 105 Å². The molecule has 0 aliphatic rings. The van der Waals surface area contributed by atoms with Crippen LogP contribution in [-0.2, 0) is 0 Å². The van der Waals surface area contributed by atoms with Crippen LogP contribution >= 0.6 is 0 Å². The number of rotatable bonds is 1. The van der Waals surface area contributed by atoms with Gasteiger partial charge in [0.1, 0.15) is 5.69 Å². The fourth-order valence-corrected chi connectivity index (χ4v) is 2.01. The highest BCUT2D eigenvalue weighted by Gasteiger charge is 2.17. The minimum atomic E-state index is 0.593. The monoisotopic (exact) mass is 239 g/mol. The summed E-state index contributed by atoms with van der Waals surface area (Å²) in [6, 6.07) is 13.3. The van der Waals surface area contributed by atoms with Crippen molar-refractivity contribution in [3.05, 3.63) is 58.8 Å². The summed E-state index contributed by atoms with van der Waals surface area (Å²) in [5.74, 6) is 0. The second kappa shape index (κ2) is 3.84. The van der Waals surface area contributed by atoms with Crippen LogP contribution in [0.2, 0.25) is 0 Å². The van der Waals surface area contributed by atoms with Gasteiger partial charge in [-0.1, -0.05) is 29.8 Å². The van der Waals surface area contributed by atoms with Gasteiger partial charge in [0, 0.05) is 5.56 Å². The van der Waals surface area contributed by atoms with Crippen molar-refractivity contribution in [2.45, 2.75) is 13.8 Å². The predicted octanol–water partition coefficient (Wildman–Crippen LogP) is 2.28.